The first-order valence-electron chi connectivity index (χ1n) is 13.9. The number of ketones is 1. The molecule has 0 radical (unpaired) electrons. The maximum Gasteiger partial charge on any atom is 0.337 e. The summed E-state index contributed by atoms with van der Waals surface area (Å²) in [5.41, 5.74) is 6.57. The number of rotatable bonds is 4. The number of amides is 1. The molecule has 2 atom stereocenters. The van der Waals surface area contributed by atoms with Crippen LogP contribution in [0.1, 0.15) is 86.0 Å². The normalized spacial score (nSPS) is 18.8. The third kappa shape index (κ3) is 5.06. The quantitative estimate of drug-likeness (QED) is 0.361. The van der Waals surface area contributed by atoms with Crippen molar-refractivity contribution in [2.45, 2.75) is 64.3 Å². The highest BCUT2D eigenvalue weighted by Crippen LogP contribution is 2.47. The van der Waals surface area contributed by atoms with Crippen LogP contribution < -0.4 is 10.2 Å². The lowest BCUT2D eigenvalue weighted by atomic mass is 9.77. The van der Waals surface area contributed by atoms with Crippen LogP contribution in [0.4, 0.5) is 11.4 Å². The second-order valence-electron chi connectivity index (χ2n) is 11.6. The molecule has 1 aliphatic heterocycles. The summed E-state index contributed by atoms with van der Waals surface area (Å²) in [6, 6.07) is 22.7. The molecule has 206 valence electrons. The van der Waals surface area contributed by atoms with E-state index < -0.39 is 12.0 Å². The van der Waals surface area contributed by atoms with Crippen molar-refractivity contribution in [2.75, 3.05) is 17.3 Å². The number of para-hydroxylation sites is 2. The summed E-state index contributed by atoms with van der Waals surface area (Å²) in [5, 5.41) is 3.57. The Morgan fingerprint density at radius 2 is 1.57 bits per heavy atom. The number of methoxy groups -OCH3 is 1. The Morgan fingerprint density at radius 3 is 2.20 bits per heavy atom. The van der Waals surface area contributed by atoms with Gasteiger partial charge < -0.3 is 10.1 Å². The second kappa shape index (κ2) is 10.8. The van der Waals surface area contributed by atoms with Crippen molar-refractivity contribution in [3.05, 3.63) is 106 Å². The van der Waals surface area contributed by atoms with Gasteiger partial charge in [0.1, 0.15) is 0 Å². The first-order valence-corrected chi connectivity index (χ1v) is 13.9. The Balaban J connectivity index is 1.63. The fourth-order valence-corrected chi connectivity index (χ4v) is 5.76. The van der Waals surface area contributed by atoms with Crippen LogP contribution in [0.5, 0.6) is 0 Å². The van der Waals surface area contributed by atoms with E-state index in [-0.39, 0.29) is 29.4 Å². The van der Waals surface area contributed by atoms with Crippen molar-refractivity contribution >= 4 is 29.0 Å². The van der Waals surface area contributed by atoms with Gasteiger partial charge in [-0.15, -0.1) is 0 Å². The number of fused-ring (bicyclic) bond motifs is 1. The van der Waals surface area contributed by atoms with Crippen molar-refractivity contribution in [3.63, 3.8) is 0 Å². The Kier molecular flexibility index (Phi) is 7.37. The van der Waals surface area contributed by atoms with Crippen molar-refractivity contribution in [3.8, 4) is 0 Å². The molecule has 0 fully saturated rings. The van der Waals surface area contributed by atoms with E-state index in [1.807, 2.05) is 43.3 Å². The molecular formula is C34H36N2O4. The van der Waals surface area contributed by atoms with Gasteiger partial charge in [0.25, 0.3) is 0 Å². The van der Waals surface area contributed by atoms with E-state index in [0.717, 1.165) is 28.2 Å². The number of ether oxygens (including phenoxy) is 1. The number of benzene rings is 3. The average Bonchev–Trinajstić information content (AvgIpc) is 3.10. The molecule has 0 saturated heterocycles. The maximum absolute atomic E-state index is 14.1. The van der Waals surface area contributed by atoms with Crippen molar-refractivity contribution < 1.29 is 19.1 Å². The number of allylic oxidation sites excluding steroid dienone is 1. The van der Waals surface area contributed by atoms with Gasteiger partial charge in [0.05, 0.1) is 30.1 Å². The van der Waals surface area contributed by atoms with Crippen LogP contribution >= 0.6 is 0 Å². The van der Waals surface area contributed by atoms with Gasteiger partial charge in [0.2, 0.25) is 5.91 Å². The monoisotopic (exact) mass is 536 g/mol. The zero-order valence-corrected chi connectivity index (χ0v) is 23.8. The fourth-order valence-electron chi connectivity index (χ4n) is 5.76. The second-order valence-corrected chi connectivity index (χ2v) is 11.6. The molecule has 2 unspecified atom stereocenters. The summed E-state index contributed by atoms with van der Waals surface area (Å²) >= 11 is 0. The number of nitrogens with one attached hydrogen (secondary N) is 1. The van der Waals surface area contributed by atoms with Gasteiger partial charge in [0.15, 0.2) is 5.78 Å². The first kappa shape index (κ1) is 27.4. The Labute approximate surface area is 236 Å². The summed E-state index contributed by atoms with van der Waals surface area (Å²) in [5.74, 6) is -0.481. The lowest BCUT2D eigenvalue weighted by Crippen LogP contribution is -2.38. The topological polar surface area (TPSA) is 75.7 Å². The molecular weight excluding hydrogens is 500 g/mol. The highest BCUT2D eigenvalue weighted by atomic mass is 16.5. The minimum absolute atomic E-state index is 0.0161. The molecule has 0 saturated carbocycles. The number of hydrogen-bond donors (Lipinski definition) is 1. The summed E-state index contributed by atoms with van der Waals surface area (Å²) in [6.45, 7) is 8.40. The van der Waals surface area contributed by atoms with Gasteiger partial charge in [0, 0.05) is 24.1 Å². The third-order valence-electron chi connectivity index (χ3n) is 7.96. The van der Waals surface area contributed by atoms with E-state index in [2.05, 4.69) is 50.4 Å². The van der Waals surface area contributed by atoms with Crippen LogP contribution in [0.25, 0.3) is 0 Å². The number of Topliss-reactive ketones (excluding diaryl/α,β-unsaturated/α-hetero) is 1. The lowest BCUT2D eigenvalue weighted by molar-refractivity contribution is -0.119. The zero-order valence-electron chi connectivity index (χ0n) is 23.8. The van der Waals surface area contributed by atoms with Crippen molar-refractivity contribution in [1.29, 1.82) is 0 Å². The van der Waals surface area contributed by atoms with Crippen LogP contribution in [0, 0.1) is 0 Å². The van der Waals surface area contributed by atoms with Gasteiger partial charge in [-0.25, -0.2) is 4.79 Å². The SMILES string of the molecule is CCC(=O)N1c2ccccc2NC2=C(C(=O)CC(c3ccc(C(C)(C)C)cc3)C2)C1c1ccc(C(=O)OC)cc1. The molecule has 5 rings (SSSR count). The molecule has 0 spiro atoms. The van der Waals surface area contributed by atoms with Gasteiger partial charge >= 0.3 is 5.97 Å². The van der Waals surface area contributed by atoms with E-state index in [1.165, 1.54) is 12.7 Å². The standard InChI is InChI=1S/C34H36N2O4/c1-6-30(38)36-28-10-8-7-9-26(28)35-27-19-24(21-15-17-25(18-16-21)34(2,3)4)20-29(37)31(27)32(36)22-11-13-23(14-12-22)33(39)40-5/h7-18,24,32,35H,6,19-20H2,1-5H3. The molecule has 0 bridgehead atoms. The highest BCUT2D eigenvalue weighted by molar-refractivity contribution is 6.06. The van der Waals surface area contributed by atoms with Crippen molar-refractivity contribution in [2.24, 2.45) is 0 Å². The van der Waals surface area contributed by atoms with Crippen LogP contribution in [-0.2, 0) is 19.7 Å². The molecule has 6 heteroatoms. The smallest absolute Gasteiger partial charge is 0.337 e. The molecule has 3 aromatic carbocycles. The van der Waals surface area contributed by atoms with E-state index in [4.69, 9.17) is 4.74 Å². The average molecular weight is 537 g/mol. The summed E-state index contributed by atoms with van der Waals surface area (Å²) < 4.78 is 4.87. The number of carbonyl (C=O) groups is 3. The number of esters is 1. The molecule has 1 heterocycles. The molecule has 40 heavy (non-hydrogen) atoms. The predicted molar refractivity (Wildman–Crippen MR) is 158 cm³/mol. The van der Waals surface area contributed by atoms with Crippen LogP contribution in [0.3, 0.4) is 0 Å². The van der Waals surface area contributed by atoms with Gasteiger partial charge in [-0.2, -0.15) is 0 Å². The summed E-state index contributed by atoms with van der Waals surface area (Å²) in [6.07, 6.45) is 1.29. The summed E-state index contributed by atoms with van der Waals surface area (Å²) in [4.78, 5) is 41.5. The van der Waals surface area contributed by atoms with Crippen LogP contribution in [-0.4, -0.2) is 24.8 Å². The van der Waals surface area contributed by atoms with Crippen LogP contribution in [0.15, 0.2) is 84.1 Å². The van der Waals surface area contributed by atoms with Gasteiger partial charge in [-0.05, 0) is 58.7 Å². The molecule has 1 N–H and O–H groups in total. The fraction of sp³-hybridized carbons (Fsp3) is 0.324. The number of hydrogen-bond acceptors (Lipinski definition) is 5. The Hall–Kier alpha value is -4.19. The molecule has 3 aromatic rings. The Bertz CT molecular complexity index is 1480. The van der Waals surface area contributed by atoms with Crippen LogP contribution in [0.2, 0.25) is 0 Å². The number of anilines is 2. The van der Waals surface area contributed by atoms with E-state index in [9.17, 15) is 14.4 Å². The lowest BCUT2D eigenvalue weighted by Gasteiger charge is -2.35. The van der Waals surface area contributed by atoms with E-state index in [0.29, 0.717) is 24.0 Å². The van der Waals surface area contributed by atoms with E-state index >= 15 is 0 Å². The van der Waals surface area contributed by atoms with E-state index in [1.54, 1.807) is 17.0 Å². The number of nitrogens with zero attached hydrogens (tertiary/aromatic N) is 1. The molecule has 6 nitrogen and oxygen atoms in total. The minimum atomic E-state index is -0.623. The Morgan fingerprint density at radius 1 is 0.925 bits per heavy atom. The minimum Gasteiger partial charge on any atom is -0.465 e. The molecule has 1 amide bonds. The predicted octanol–water partition coefficient (Wildman–Crippen LogP) is 7.08. The highest BCUT2D eigenvalue weighted by Gasteiger charge is 2.41. The molecule has 2 aliphatic rings. The summed E-state index contributed by atoms with van der Waals surface area (Å²) in [7, 11) is 1.34. The van der Waals surface area contributed by atoms with Gasteiger partial charge in [-0.1, -0.05) is 76.2 Å². The van der Waals surface area contributed by atoms with Gasteiger partial charge in [-0.3, -0.25) is 14.5 Å². The number of carbonyl (C=O) groups excluding carboxylic acids is 3. The molecule has 1 aliphatic carbocycles. The maximum atomic E-state index is 14.1. The largest absolute Gasteiger partial charge is 0.465 e. The first-order chi connectivity index (χ1) is 19.1. The van der Waals surface area contributed by atoms with Crippen molar-refractivity contribution in [1.82, 2.24) is 0 Å². The zero-order chi connectivity index (χ0) is 28.6. The molecule has 0 aromatic heterocycles. The third-order valence-corrected chi connectivity index (χ3v) is 7.96.